The zero-order chi connectivity index (χ0) is 13.0. The maximum absolute atomic E-state index is 13.6. The SMILES string of the molecule is N#Cc1ccc(COc2ncccc2I)c(F)c1. The minimum atomic E-state index is -0.444. The average Bonchev–Trinajstić information content (AvgIpc) is 2.39. The van der Waals surface area contributed by atoms with Crippen LogP contribution in [0.4, 0.5) is 4.39 Å². The van der Waals surface area contributed by atoms with Crippen molar-refractivity contribution in [1.82, 2.24) is 4.98 Å². The van der Waals surface area contributed by atoms with E-state index in [4.69, 9.17) is 10.00 Å². The summed E-state index contributed by atoms with van der Waals surface area (Å²) in [4.78, 5) is 4.05. The number of aromatic nitrogens is 1. The van der Waals surface area contributed by atoms with E-state index in [2.05, 4.69) is 27.6 Å². The number of hydrogen-bond donors (Lipinski definition) is 0. The van der Waals surface area contributed by atoms with Gasteiger partial charge in [0.15, 0.2) is 0 Å². The number of benzene rings is 1. The van der Waals surface area contributed by atoms with Gasteiger partial charge >= 0.3 is 0 Å². The smallest absolute Gasteiger partial charge is 0.227 e. The molecule has 0 spiro atoms. The molecule has 0 atom stereocenters. The van der Waals surface area contributed by atoms with E-state index in [9.17, 15) is 4.39 Å². The van der Waals surface area contributed by atoms with E-state index < -0.39 is 5.82 Å². The molecule has 90 valence electrons. The maximum Gasteiger partial charge on any atom is 0.227 e. The molecular formula is C13H8FIN2O. The van der Waals surface area contributed by atoms with E-state index >= 15 is 0 Å². The van der Waals surface area contributed by atoms with E-state index in [1.54, 1.807) is 24.4 Å². The minimum absolute atomic E-state index is 0.0879. The Morgan fingerprint density at radius 1 is 1.39 bits per heavy atom. The molecule has 0 fully saturated rings. The van der Waals surface area contributed by atoms with Crippen molar-refractivity contribution in [2.24, 2.45) is 0 Å². The molecule has 5 heteroatoms. The molecular weight excluding hydrogens is 346 g/mol. The van der Waals surface area contributed by atoms with Crippen LogP contribution >= 0.6 is 22.6 Å². The molecule has 0 aliphatic heterocycles. The third kappa shape index (κ3) is 2.96. The molecule has 18 heavy (non-hydrogen) atoms. The number of nitrogens with zero attached hydrogens (tertiary/aromatic N) is 2. The fourth-order valence-corrected chi connectivity index (χ4v) is 1.86. The highest BCUT2D eigenvalue weighted by molar-refractivity contribution is 14.1. The van der Waals surface area contributed by atoms with Crippen molar-refractivity contribution < 1.29 is 9.13 Å². The normalized spacial score (nSPS) is 9.83. The monoisotopic (exact) mass is 354 g/mol. The van der Waals surface area contributed by atoms with Crippen LogP contribution in [0.2, 0.25) is 0 Å². The lowest BCUT2D eigenvalue weighted by Gasteiger charge is -2.07. The third-order valence-corrected chi connectivity index (χ3v) is 3.09. The molecule has 0 aliphatic rings. The van der Waals surface area contributed by atoms with Gasteiger partial charge in [0.05, 0.1) is 15.2 Å². The maximum atomic E-state index is 13.6. The van der Waals surface area contributed by atoms with Gasteiger partial charge in [-0.15, -0.1) is 0 Å². The first-order chi connectivity index (χ1) is 8.70. The number of pyridine rings is 1. The first-order valence-electron chi connectivity index (χ1n) is 5.12. The van der Waals surface area contributed by atoms with Crippen molar-refractivity contribution in [3.8, 4) is 11.9 Å². The molecule has 1 aromatic heterocycles. The average molecular weight is 354 g/mol. The van der Waals surface area contributed by atoms with Crippen LogP contribution < -0.4 is 4.74 Å². The van der Waals surface area contributed by atoms with Crippen LogP contribution in [0.3, 0.4) is 0 Å². The van der Waals surface area contributed by atoms with E-state index in [1.165, 1.54) is 6.07 Å². The molecule has 0 radical (unpaired) electrons. The van der Waals surface area contributed by atoms with Crippen LogP contribution in [0.15, 0.2) is 36.5 Å². The van der Waals surface area contributed by atoms with Crippen LogP contribution in [0.1, 0.15) is 11.1 Å². The number of nitriles is 1. The second-order valence-electron chi connectivity index (χ2n) is 3.50. The van der Waals surface area contributed by atoms with Crippen molar-refractivity contribution >= 4 is 22.6 Å². The molecule has 2 rings (SSSR count). The molecule has 0 unspecified atom stereocenters. The predicted molar refractivity (Wildman–Crippen MR) is 72.4 cm³/mol. The molecule has 3 nitrogen and oxygen atoms in total. The lowest BCUT2D eigenvalue weighted by Crippen LogP contribution is -2.01. The van der Waals surface area contributed by atoms with Gasteiger partial charge in [-0.2, -0.15) is 5.26 Å². The summed E-state index contributed by atoms with van der Waals surface area (Å²) in [6, 6.07) is 9.85. The summed E-state index contributed by atoms with van der Waals surface area (Å²) >= 11 is 2.10. The summed E-state index contributed by atoms with van der Waals surface area (Å²) in [5.41, 5.74) is 0.694. The van der Waals surface area contributed by atoms with Crippen molar-refractivity contribution in [1.29, 1.82) is 5.26 Å². The Morgan fingerprint density at radius 2 is 2.22 bits per heavy atom. The zero-order valence-electron chi connectivity index (χ0n) is 9.23. The zero-order valence-corrected chi connectivity index (χ0v) is 11.4. The van der Waals surface area contributed by atoms with Crippen molar-refractivity contribution in [2.45, 2.75) is 6.61 Å². The van der Waals surface area contributed by atoms with E-state index in [0.29, 0.717) is 17.0 Å². The molecule has 1 heterocycles. The minimum Gasteiger partial charge on any atom is -0.472 e. The van der Waals surface area contributed by atoms with Gasteiger partial charge in [0, 0.05) is 11.8 Å². The standard InChI is InChI=1S/C13H8FIN2O/c14-11-6-9(7-16)3-4-10(11)8-18-13-12(15)2-1-5-17-13/h1-6H,8H2. The summed E-state index contributed by atoms with van der Waals surface area (Å²) < 4.78 is 19.9. The molecule has 0 N–H and O–H groups in total. The first kappa shape index (κ1) is 12.8. The van der Waals surface area contributed by atoms with Crippen molar-refractivity contribution in [3.05, 3.63) is 57.0 Å². The molecule has 0 saturated carbocycles. The molecule has 1 aromatic carbocycles. The highest BCUT2D eigenvalue weighted by Gasteiger charge is 2.06. The fraction of sp³-hybridized carbons (Fsp3) is 0.0769. The Bertz CT molecular complexity index is 610. The lowest BCUT2D eigenvalue weighted by atomic mass is 10.1. The van der Waals surface area contributed by atoms with Crippen LogP contribution in [0, 0.1) is 20.7 Å². The number of halogens is 2. The van der Waals surface area contributed by atoms with Gasteiger partial charge < -0.3 is 4.74 Å². The van der Waals surface area contributed by atoms with Crippen molar-refractivity contribution in [2.75, 3.05) is 0 Å². The van der Waals surface area contributed by atoms with Crippen LogP contribution in [0.5, 0.6) is 5.88 Å². The molecule has 0 aliphatic carbocycles. The Labute approximate surface area is 117 Å². The van der Waals surface area contributed by atoms with Gasteiger partial charge in [-0.3, -0.25) is 0 Å². The Morgan fingerprint density at radius 3 is 2.89 bits per heavy atom. The Kier molecular flexibility index (Phi) is 4.10. The molecule has 0 bridgehead atoms. The van der Waals surface area contributed by atoms with Gasteiger partial charge in [-0.25, -0.2) is 9.37 Å². The lowest BCUT2D eigenvalue weighted by molar-refractivity contribution is 0.286. The van der Waals surface area contributed by atoms with E-state index in [1.807, 2.05) is 12.1 Å². The van der Waals surface area contributed by atoms with Crippen LogP contribution in [-0.2, 0) is 6.61 Å². The summed E-state index contributed by atoms with van der Waals surface area (Å²) in [5.74, 6) is 0.0295. The number of rotatable bonds is 3. The third-order valence-electron chi connectivity index (χ3n) is 2.27. The van der Waals surface area contributed by atoms with Crippen LogP contribution in [0.25, 0.3) is 0 Å². The summed E-state index contributed by atoms with van der Waals surface area (Å²) in [7, 11) is 0. The van der Waals surface area contributed by atoms with Gasteiger partial charge in [0.2, 0.25) is 5.88 Å². The van der Waals surface area contributed by atoms with E-state index in [-0.39, 0.29) is 6.61 Å². The quantitative estimate of drug-likeness (QED) is 0.795. The summed E-state index contributed by atoms with van der Waals surface area (Å²) in [6.07, 6.45) is 1.62. The van der Waals surface area contributed by atoms with Gasteiger partial charge in [-0.05, 0) is 46.9 Å². The fourth-order valence-electron chi connectivity index (χ4n) is 1.36. The number of ether oxygens (including phenoxy) is 1. The second kappa shape index (κ2) is 5.78. The van der Waals surface area contributed by atoms with Gasteiger partial charge in [0.1, 0.15) is 12.4 Å². The summed E-state index contributed by atoms with van der Waals surface area (Å²) in [5, 5.41) is 8.64. The topological polar surface area (TPSA) is 45.9 Å². The highest BCUT2D eigenvalue weighted by atomic mass is 127. The Hall–Kier alpha value is -1.68. The highest BCUT2D eigenvalue weighted by Crippen LogP contribution is 2.18. The Balaban J connectivity index is 2.12. The number of hydrogen-bond acceptors (Lipinski definition) is 3. The summed E-state index contributed by atoms with van der Waals surface area (Å²) in [6.45, 7) is 0.0879. The van der Waals surface area contributed by atoms with Crippen LogP contribution in [-0.4, -0.2) is 4.98 Å². The molecule has 2 aromatic rings. The van der Waals surface area contributed by atoms with Gasteiger partial charge in [0.25, 0.3) is 0 Å². The van der Waals surface area contributed by atoms with Gasteiger partial charge in [-0.1, -0.05) is 6.07 Å². The van der Waals surface area contributed by atoms with E-state index in [0.717, 1.165) is 3.57 Å². The molecule has 0 saturated heterocycles. The largest absolute Gasteiger partial charge is 0.472 e. The molecule has 0 amide bonds. The predicted octanol–water partition coefficient (Wildman–Crippen LogP) is 3.28. The first-order valence-corrected chi connectivity index (χ1v) is 6.20. The second-order valence-corrected chi connectivity index (χ2v) is 4.66. The van der Waals surface area contributed by atoms with Crippen molar-refractivity contribution in [3.63, 3.8) is 0 Å².